The number of fused-ring (bicyclic) bond motifs is 1. The number of hydrogen-bond donors (Lipinski definition) is 1. The van der Waals surface area contributed by atoms with Gasteiger partial charge in [-0.15, -0.1) is 0 Å². The van der Waals surface area contributed by atoms with E-state index in [0.717, 1.165) is 17.0 Å². The zero-order valence-electron chi connectivity index (χ0n) is 11.1. The first kappa shape index (κ1) is 13.2. The summed E-state index contributed by atoms with van der Waals surface area (Å²) >= 11 is 0. The first-order valence-electron chi connectivity index (χ1n) is 6.39. The van der Waals surface area contributed by atoms with E-state index in [-0.39, 0.29) is 11.8 Å². The molecule has 1 N–H and O–H groups in total. The summed E-state index contributed by atoms with van der Waals surface area (Å²) < 4.78 is 24.1. The summed E-state index contributed by atoms with van der Waals surface area (Å²) in [6, 6.07) is 6.96. The SMILES string of the molecule is Cc1cnc(CNC2CS(=O)(=O)c3ccccc32)cn1. The summed E-state index contributed by atoms with van der Waals surface area (Å²) in [6.07, 6.45) is 3.41. The third-order valence-electron chi connectivity index (χ3n) is 3.38. The maximum Gasteiger partial charge on any atom is 0.180 e. The van der Waals surface area contributed by atoms with E-state index in [2.05, 4.69) is 15.3 Å². The molecule has 1 aromatic carbocycles. The predicted molar refractivity (Wildman–Crippen MR) is 74.8 cm³/mol. The van der Waals surface area contributed by atoms with Crippen LogP contribution in [0.15, 0.2) is 41.6 Å². The lowest BCUT2D eigenvalue weighted by atomic mass is 10.1. The van der Waals surface area contributed by atoms with E-state index in [9.17, 15) is 8.42 Å². The molecule has 5 nitrogen and oxygen atoms in total. The van der Waals surface area contributed by atoms with E-state index in [0.29, 0.717) is 11.4 Å². The molecule has 1 unspecified atom stereocenters. The Morgan fingerprint density at radius 2 is 2.05 bits per heavy atom. The molecule has 0 spiro atoms. The summed E-state index contributed by atoms with van der Waals surface area (Å²) in [6.45, 7) is 2.38. The van der Waals surface area contributed by atoms with E-state index in [1.54, 1.807) is 24.5 Å². The molecule has 1 aliphatic rings. The van der Waals surface area contributed by atoms with Crippen molar-refractivity contribution in [2.24, 2.45) is 0 Å². The number of rotatable bonds is 3. The van der Waals surface area contributed by atoms with Gasteiger partial charge in [0.05, 0.1) is 22.0 Å². The van der Waals surface area contributed by atoms with Crippen LogP contribution in [0.3, 0.4) is 0 Å². The van der Waals surface area contributed by atoms with Crippen LogP contribution in [0.25, 0.3) is 0 Å². The quantitative estimate of drug-likeness (QED) is 0.925. The Hall–Kier alpha value is -1.79. The fourth-order valence-corrected chi connectivity index (χ4v) is 4.13. The van der Waals surface area contributed by atoms with Crippen LogP contribution >= 0.6 is 0 Å². The molecule has 0 amide bonds. The van der Waals surface area contributed by atoms with Crippen LogP contribution in [0.1, 0.15) is 23.0 Å². The highest BCUT2D eigenvalue weighted by atomic mass is 32.2. The predicted octanol–water partition coefficient (Wildman–Crippen LogP) is 1.40. The van der Waals surface area contributed by atoms with Gasteiger partial charge in [0.25, 0.3) is 0 Å². The van der Waals surface area contributed by atoms with Crippen molar-refractivity contribution in [2.75, 3.05) is 5.75 Å². The lowest BCUT2D eigenvalue weighted by molar-refractivity contribution is 0.560. The van der Waals surface area contributed by atoms with Gasteiger partial charge in [0.2, 0.25) is 0 Å². The summed E-state index contributed by atoms with van der Waals surface area (Å²) in [5.41, 5.74) is 2.51. The maximum atomic E-state index is 12.1. The number of aromatic nitrogens is 2. The van der Waals surface area contributed by atoms with E-state index in [1.165, 1.54) is 0 Å². The monoisotopic (exact) mass is 289 g/mol. The van der Waals surface area contributed by atoms with Gasteiger partial charge in [-0.3, -0.25) is 9.97 Å². The van der Waals surface area contributed by atoms with E-state index in [1.807, 2.05) is 19.1 Å². The molecule has 0 bridgehead atoms. The molecular formula is C14H15N3O2S. The van der Waals surface area contributed by atoms with Gasteiger partial charge in [-0.1, -0.05) is 18.2 Å². The van der Waals surface area contributed by atoms with Crippen LogP contribution in [0.4, 0.5) is 0 Å². The minimum Gasteiger partial charge on any atom is -0.303 e. The first-order valence-corrected chi connectivity index (χ1v) is 8.04. The minimum absolute atomic E-state index is 0.103. The van der Waals surface area contributed by atoms with E-state index in [4.69, 9.17) is 0 Å². The molecule has 1 aliphatic heterocycles. The van der Waals surface area contributed by atoms with Crippen LogP contribution in [-0.4, -0.2) is 24.1 Å². The second-order valence-electron chi connectivity index (χ2n) is 4.90. The molecular weight excluding hydrogens is 274 g/mol. The van der Waals surface area contributed by atoms with Crippen LogP contribution in [-0.2, 0) is 16.4 Å². The molecule has 104 valence electrons. The molecule has 0 fully saturated rings. The summed E-state index contributed by atoms with van der Waals surface area (Å²) in [7, 11) is -3.16. The number of hydrogen-bond acceptors (Lipinski definition) is 5. The Morgan fingerprint density at radius 1 is 1.25 bits per heavy atom. The lowest BCUT2D eigenvalue weighted by Crippen LogP contribution is -2.23. The van der Waals surface area contributed by atoms with Gasteiger partial charge in [-0.05, 0) is 18.6 Å². The number of sulfone groups is 1. The molecule has 0 saturated carbocycles. The summed E-state index contributed by atoms with van der Waals surface area (Å²) in [5.74, 6) is 0.103. The van der Waals surface area contributed by atoms with Crippen molar-refractivity contribution in [3.8, 4) is 0 Å². The van der Waals surface area contributed by atoms with Crippen molar-refractivity contribution in [3.05, 3.63) is 53.6 Å². The number of nitrogens with one attached hydrogen (secondary N) is 1. The molecule has 0 radical (unpaired) electrons. The maximum absolute atomic E-state index is 12.1. The van der Waals surface area contributed by atoms with Gasteiger partial charge in [-0.2, -0.15) is 0 Å². The molecule has 6 heteroatoms. The third-order valence-corrected chi connectivity index (χ3v) is 5.19. The van der Waals surface area contributed by atoms with Gasteiger partial charge < -0.3 is 5.32 Å². The average molecular weight is 289 g/mol. The highest BCUT2D eigenvalue weighted by Gasteiger charge is 2.33. The Balaban J connectivity index is 1.78. The van der Waals surface area contributed by atoms with Crippen LogP contribution in [0, 0.1) is 6.92 Å². The number of benzene rings is 1. The molecule has 1 atom stereocenters. The lowest BCUT2D eigenvalue weighted by Gasteiger charge is -2.12. The highest BCUT2D eigenvalue weighted by molar-refractivity contribution is 7.91. The average Bonchev–Trinajstić information content (AvgIpc) is 2.70. The number of aryl methyl sites for hydroxylation is 1. The molecule has 1 aromatic heterocycles. The molecule has 2 heterocycles. The zero-order chi connectivity index (χ0) is 14.2. The normalized spacial score (nSPS) is 19.8. The molecule has 3 rings (SSSR count). The van der Waals surface area contributed by atoms with Crippen molar-refractivity contribution in [1.29, 1.82) is 0 Å². The van der Waals surface area contributed by atoms with Crippen molar-refractivity contribution in [3.63, 3.8) is 0 Å². The standard InChI is InChI=1S/C14H15N3O2S/c1-10-6-16-11(7-15-10)8-17-13-9-20(18,19)14-5-3-2-4-12(13)14/h2-7,13,17H,8-9H2,1H3. The van der Waals surface area contributed by atoms with Gasteiger partial charge in [0, 0.05) is 25.0 Å². The van der Waals surface area contributed by atoms with Crippen LogP contribution < -0.4 is 5.32 Å². The van der Waals surface area contributed by atoms with Crippen LogP contribution in [0.5, 0.6) is 0 Å². The summed E-state index contributed by atoms with van der Waals surface area (Å²) in [5, 5.41) is 3.25. The Labute approximate surface area is 118 Å². The molecule has 0 saturated heterocycles. The zero-order valence-corrected chi connectivity index (χ0v) is 11.9. The van der Waals surface area contributed by atoms with Crippen LogP contribution in [0.2, 0.25) is 0 Å². The molecule has 20 heavy (non-hydrogen) atoms. The first-order chi connectivity index (χ1) is 9.56. The topological polar surface area (TPSA) is 72.0 Å². The largest absolute Gasteiger partial charge is 0.303 e. The van der Waals surface area contributed by atoms with Gasteiger partial charge >= 0.3 is 0 Å². The van der Waals surface area contributed by atoms with Crippen molar-refractivity contribution in [2.45, 2.75) is 24.4 Å². The number of nitrogens with zero attached hydrogens (tertiary/aromatic N) is 2. The third kappa shape index (κ3) is 2.44. The molecule has 2 aromatic rings. The second kappa shape index (κ2) is 4.96. The minimum atomic E-state index is -3.16. The Kier molecular flexibility index (Phi) is 3.27. The van der Waals surface area contributed by atoms with E-state index >= 15 is 0 Å². The van der Waals surface area contributed by atoms with Crippen molar-refractivity contribution >= 4 is 9.84 Å². The Morgan fingerprint density at radius 3 is 2.80 bits per heavy atom. The fourth-order valence-electron chi connectivity index (χ4n) is 2.36. The van der Waals surface area contributed by atoms with Gasteiger partial charge in [-0.25, -0.2) is 8.42 Å². The second-order valence-corrected chi connectivity index (χ2v) is 6.90. The van der Waals surface area contributed by atoms with Crippen molar-refractivity contribution < 1.29 is 8.42 Å². The highest BCUT2D eigenvalue weighted by Crippen LogP contribution is 2.32. The fraction of sp³-hybridized carbons (Fsp3) is 0.286. The van der Waals surface area contributed by atoms with Gasteiger partial charge in [0.1, 0.15) is 0 Å². The van der Waals surface area contributed by atoms with E-state index < -0.39 is 9.84 Å². The molecule has 0 aliphatic carbocycles. The Bertz CT molecular complexity index is 726. The van der Waals surface area contributed by atoms with Gasteiger partial charge in [0.15, 0.2) is 9.84 Å². The summed E-state index contributed by atoms with van der Waals surface area (Å²) in [4.78, 5) is 8.87. The van der Waals surface area contributed by atoms with Crippen molar-refractivity contribution in [1.82, 2.24) is 15.3 Å². The smallest absolute Gasteiger partial charge is 0.180 e.